The molecule has 0 spiro atoms. The topological polar surface area (TPSA) is 68.8 Å². The molecule has 1 fully saturated rings. The van der Waals surface area contributed by atoms with Crippen LogP contribution in [0, 0.1) is 5.92 Å². The molecule has 0 bridgehead atoms. The number of piperidine rings is 1. The van der Waals surface area contributed by atoms with Gasteiger partial charge in [0.25, 0.3) is 0 Å². The monoisotopic (exact) mass is 357 g/mol. The zero-order valence-electron chi connectivity index (χ0n) is 15.9. The van der Waals surface area contributed by atoms with Gasteiger partial charge >= 0.3 is 0 Å². The van der Waals surface area contributed by atoms with E-state index in [0.29, 0.717) is 18.9 Å². The van der Waals surface area contributed by atoms with Crippen molar-refractivity contribution in [1.82, 2.24) is 15.5 Å². The number of rotatable bonds is 5. The quantitative estimate of drug-likeness (QED) is 0.557. The minimum absolute atomic E-state index is 0.0858. The average molecular weight is 358 g/mol. The normalized spacial score (nSPS) is 23.9. The number of benzene rings is 1. The average Bonchev–Trinajstić information content (AvgIpc) is 2.63. The molecule has 2 atom stereocenters. The lowest BCUT2D eigenvalue weighted by Gasteiger charge is -2.29. The van der Waals surface area contributed by atoms with Crippen LogP contribution in [0.1, 0.15) is 37.7 Å². The van der Waals surface area contributed by atoms with Crippen LogP contribution in [0.15, 0.2) is 29.3 Å². The van der Waals surface area contributed by atoms with Crippen LogP contribution in [0.4, 0.5) is 5.69 Å². The summed E-state index contributed by atoms with van der Waals surface area (Å²) in [5.74, 6) is 1.74. The maximum atomic E-state index is 12.0. The SMILES string of the molecule is CCNC(=NCC1CCCN(C)C1)NCC1CC(=O)Nc2ccccc21. The van der Waals surface area contributed by atoms with Crippen molar-refractivity contribution in [1.29, 1.82) is 0 Å². The molecule has 1 saturated heterocycles. The highest BCUT2D eigenvalue weighted by molar-refractivity contribution is 5.94. The fourth-order valence-electron chi connectivity index (χ4n) is 3.89. The molecule has 0 aromatic heterocycles. The molecule has 0 radical (unpaired) electrons. The van der Waals surface area contributed by atoms with Crippen LogP contribution in [0.2, 0.25) is 0 Å². The molecular formula is C20H31N5O. The molecule has 0 saturated carbocycles. The van der Waals surface area contributed by atoms with E-state index in [9.17, 15) is 4.79 Å². The molecule has 142 valence electrons. The Hall–Kier alpha value is -2.08. The molecule has 1 amide bonds. The van der Waals surface area contributed by atoms with Crippen LogP contribution in [-0.4, -0.2) is 56.5 Å². The molecule has 2 heterocycles. The van der Waals surface area contributed by atoms with E-state index in [1.807, 2.05) is 18.2 Å². The maximum absolute atomic E-state index is 12.0. The maximum Gasteiger partial charge on any atom is 0.225 e. The highest BCUT2D eigenvalue weighted by Crippen LogP contribution is 2.31. The van der Waals surface area contributed by atoms with Crippen LogP contribution in [-0.2, 0) is 4.79 Å². The van der Waals surface area contributed by atoms with Crippen molar-refractivity contribution in [2.45, 2.75) is 32.1 Å². The van der Waals surface area contributed by atoms with Gasteiger partial charge in [-0.2, -0.15) is 0 Å². The van der Waals surface area contributed by atoms with Crippen molar-refractivity contribution in [2.24, 2.45) is 10.9 Å². The summed E-state index contributed by atoms with van der Waals surface area (Å²) in [6, 6.07) is 8.06. The van der Waals surface area contributed by atoms with Gasteiger partial charge < -0.3 is 20.9 Å². The Balaban J connectivity index is 1.60. The molecule has 0 aliphatic carbocycles. The van der Waals surface area contributed by atoms with Crippen molar-refractivity contribution < 1.29 is 4.79 Å². The molecule has 3 N–H and O–H groups in total. The van der Waals surface area contributed by atoms with Gasteiger partial charge in [-0.05, 0) is 50.9 Å². The Morgan fingerprint density at radius 1 is 1.35 bits per heavy atom. The van der Waals surface area contributed by atoms with E-state index >= 15 is 0 Å². The summed E-state index contributed by atoms with van der Waals surface area (Å²) in [6.45, 7) is 6.79. The van der Waals surface area contributed by atoms with E-state index in [4.69, 9.17) is 4.99 Å². The Morgan fingerprint density at radius 3 is 3.00 bits per heavy atom. The van der Waals surface area contributed by atoms with Gasteiger partial charge in [0, 0.05) is 44.2 Å². The molecule has 26 heavy (non-hydrogen) atoms. The summed E-state index contributed by atoms with van der Waals surface area (Å²) in [5.41, 5.74) is 2.13. The predicted octanol–water partition coefficient (Wildman–Crippen LogP) is 2.01. The summed E-state index contributed by atoms with van der Waals surface area (Å²) >= 11 is 0. The largest absolute Gasteiger partial charge is 0.357 e. The number of nitrogens with zero attached hydrogens (tertiary/aromatic N) is 2. The van der Waals surface area contributed by atoms with E-state index in [2.05, 4.69) is 40.9 Å². The van der Waals surface area contributed by atoms with Gasteiger partial charge in [-0.25, -0.2) is 0 Å². The van der Waals surface area contributed by atoms with Gasteiger partial charge in [-0.1, -0.05) is 18.2 Å². The Bertz CT molecular complexity index is 645. The third-order valence-electron chi connectivity index (χ3n) is 5.20. The molecule has 2 unspecified atom stereocenters. The number of hydrogen-bond donors (Lipinski definition) is 3. The van der Waals surface area contributed by atoms with E-state index in [1.165, 1.54) is 24.9 Å². The van der Waals surface area contributed by atoms with Crippen LogP contribution in [0.3, 0.4) is 0 Å². The lowest BCUT2D eigenvalue weighted by atomic mass is 9.90. The van der Waals surface area contributed by atoms with Crippen molar-refractivity contribution in [2.75, 3.05) is 45.1 Å². The lowest BCUT2D eigenvalue weighted by Crippen LogP contribution is -2.41. The molecule has 1 aromatic carbocycles. The smallest absolute Gasteiger partial charge is 0.225 e. The summed E-state index contributed by atoms with van der Waals surface area (Å²) < 4.78 is 0. The van der Waals surface area contributed by atoms with Gasteiger partial charge in [0.2, 0.25) is 5.91 Å². The number of amides is 1. The number of anilines is 1. The first-order chi connectivity index (χ1) is 12.7. The van der Waals surface area contributed by atoms with Crippen LogP contribution < -0.4 is 16.0 Å². The lowest BCUT2D eigenvalue weighted by molar-refractivity contribution is -0.116. The molecular weight excluding hydrogens is 326 g/mol. The molecule has 6 heteroatoms. The first-order valence-electron chi connectivity index (χ1n) is 9.75. The third kappa shape index (κ3) is 4.97. The van der Waals surface area contributed by atoms with Crippen LogP contribution in [0.5, 0.6) is 0 Å². The zero-order chi connectivity index (χ0) is 18.4. The standard InChI is InChI=1S/C20H31N5O/c1-3-21-20(22-12-15-7-6-10-25(2)14-15)23-13-16-11-19(26)24-18-9-5-4-8-17(16)18/h4-5,8-9,15-16H,3,6-7,10-14H2,1-2H3,(H,24,26)(H2,21,22,23). The number of aliphatic imine (C=N–C) groups is 1. The zero-order valence-corrected chi connectivity index (χ0v) is 15.9. The highest BCUT2D eigenvalue weighted by Gasteiger charge is 2.25. The number of carbonyl (C=O) groups excluding carboxylic acids is 1. The number of hydrogen-bond acceptors (Lipinski definition) is 3. The number of para-hydroxylation sites is 1. The highest BCUT2D eigenvalue weighted by atomic mass is 16.1. The van der Waals surface area contributed by atoms with E-state index < -0.39 is 0 Å². The number of guanidine groups is 1. The number of likely N-dealkylation sites (tertiary alicyclic amines) is 1. The minimum Gasteiger partial charge on any atom is -0.357 e. The molecule has 2 aliphatic rings. The van der Waals surface area contributed by atoms with Crippen molar-refractivity contribution in [3.8, 4) is 0 Å². The van der Waals surface area contributed by atoms with Gasteiger partial charge in [0.05, 0.1) is 0 Å². The summed E-state index contributed by atoms with van der Waals surface area (Å²) in [5, 5.41) is 9.74. The Labute approximate surface area is 156 Å². The van der Waals surface area contributed by atoms with E-state index in [0.717, 1.165) is 31.3 Å². The summed E-state index contributed by atoms with van der Waals surface area (Å²) in [4.78, 5) is 19.2. The van der Waals surface area contributed by atoms with E-state index in [1.54, 1.807) is 0 Å². The Kier molecular flexibility index (Phi) is 6.50. The van der Waals surface area contributed by atoms with Crippen molar-refractivity contribution in [3.63, 3.8) is 0 Å². The fraction of sp³-hybridized carbons (Fsp3) is 0.600. The van der Waals surface area contributed by atoms with Gasteiger partial charge in [-0.3, -0.25) is 9.79 Å². The molecule has 2 aliphatic heterocycles. The van der Waals surface area contributed by atoms with Crippen molar-refractivity contribution in [3.05, 3.63) is 29.8 Å². The number of nitrogens with one attached hydrogen (secondary N) is 3. The first kappa shape index (κ1) is 18.7. The van der Waals surface area contributed by atoms with Crippen LogP contribution in [0.25, 0.3) is 0 Å². The van der Waals surface area contributed by atoms with Gasteiger partial charge in [0.15, 0.2) is 5.96 Å². The second-order valence-corrected chi connectivity index (χ2v) is 7.41. The number of fused-ring (bicyclic) bond motifs is 1. The predicted molar refractivity (Wildman–Crippen MR) is 107 cm³/mol. The molecule has 1 aromatic rings. The second kappa shape index (κ2) is 9.03. The van der Waals surface area contributed by atoms with Gasteiger partial charge in [-0.15, -0.1) is 0 Å². The fourth-order valence-corrected chi connectivity index (χ4v) is 3.89. The molecule has 6 nitrogen and oxygen atoms in total. The summed E-state index contributed by atoms with van der Waals surface area (Å²) in [7, 11) is 2.19. The summed E-state index contributed by atoms with van der Waals surface area (Å²) in [6.07, 6.45) is 3.02. The van der Waals surface area contributed by atoms with E-state index in [-0.39, 0.29) is 11.8 Å². The van der Waals surface area contributed by atoms with Crippen molar-refractivity contribution >= 4 is 17.6 Å². The number of carbonyl (C=O) groups is 1. The molecule has 3 rings (SSSR count). The first-order valence-corrected chi connectivity index (χ1v) is 9.75. The third-order valence-corrected chi connectivity index (χ3v) is 5.20. The van der Waals surface area contributed by atoms with Gasteiger partial charge in [0.1, 0.15) is 0 Å². The van der Waals surface area contributed by atoms with Crippen LogP contribution >= 0.6 is 0 Å². The minimum atomic E-state index is 0.0858. The second-order valence-electron chi connectivity index (χ2n) is 7.41. The Morgan fingerprint density at radius 2 is 2.19 bits per heavy atom.